The quantitative estimate of drug-likeness (QED) is 0.777. The van der Waals surface area contributed by atoms with Crippen LogP contribution in [0.1, 0.15) is 61.7 Å². The highest BCUT2D eigenvalue weighted by atomic mass is 16.5. The lowest BCUT2D eigenvalue weighted by atomic mass is 9.83. The predicted octanol–water partition coefficient (Wildman–Crippen LogP) is 3.73. The molecule has 0 radical (unpaired) electrons. The van der Waals surface area contributed by atoms with Crippen LogP contribution in [0.2, 0.25) is 0 Å². The van der Waals surface area contributed by atoms with E-state index in [2.05, 4.69) is 0 Å². The molecule has 3 aliphatic rings. The van der Waals surface area contributed by atoms with Gasteiger partial charge in [0.05, 0.1) is 12.2 Å². The molecule has 152 valence electrons. The molecule has 2 heterocycles. The van der Waals surface area contributed by atoms with Crippen molar-refractivity contribution in [2.75, 3.05) is 32.8 Å². The third-order valence-corrected chi connectivity index (χ3v) is 6.62. The fourth-order valence-corrected chi connectivity index (χ4v) is 4.48. The number of piperidine rings is 2. The van der Waals surface area contributed by atoms with Gasteiger partial charge in [0.2, 0.25) is 5.91 Å². The average molecular weight is 385 g/mol. The maximum Gasteiger partial charge on any atom is 0.257 e. The molecule has 1 saturated carbocycles. The van der Waals surface area contributed by atoms with Crippen LogP contribution in [0, 0.1) is 11.8 Å². The van der Waals surface area contributed by atoms with E-state index in [0.29, 0.717) is 35.7 Å². The molecule has 0 spiro atoms. The number of carbonyl (C=O) groups is 2. The summed E-state index contributed by atoms with van der Waals surface area (Å²) in [5.41, 5.74) is 0.682. The molecule has 3 fully saturated rings. The smallest absolute Gasteiger partial charge is 0.257 e. The summed E-state index contributed by atoms with van der Waals surface area (Å²) in [5.74, 6) is 1.90. The summed E-state index contributed by atoms with van der Waals surface area (Å²) < 4.78 is 6.11. The molecule has 0 bridgehead atoms. The van der Waals surface area contributed by atoms with Crippen LogP contribution in [-0.4, -0.2) is 54.4 Å². The van der Waals surface area contributed by atoms with Crippen molar-refractivity contribution in [2.24, 2.45) is 11.8 Å². The second kappa shape index (κ2) is 8.97. The van der Waals surface area contributed by atoms with Crippen molar-refractivity contribution in [2.45, 2.75) is 51.4 Å². The number of likely N-dealkylation sites (tertiary alicyclic amines) is 2. The first-order valence-electron chi connectivity index (χ1n) is 11.0. The molecule has 2 saturated heterocycles. The van der Waals surface area contributed by atoms with Crippen LogP contribution in [0.3, 0.4) is 0 Å². The van der Waals surface area contributed by atoms with Crippen LogP contribution in [0.25, 0.3) is 0 Å². The van der Waals surface area contributed by atoms with E-state index >= 15 is 0 Å². The van der Waals surface area contributed by atoms with Gasteiger partial charge in [-0.25, -0.2) is 0 Å². The Hall–Kier alpha value is -2.04. The minimum absolute atomic E-state index is 0.0937. The second-order valence-corrected chi connectivity index (χ2v) is 8.56. The second-order valence-electron chi connectivity index (χ2n) is 8.56. The fraction of sp³-hybridized carbons (Fsp3) is 0.652. The summed E-state index contributed by atoms with van der Waals surface area (Å²) in [5, 5.41) is 0. The third kappa shape index (κ3) is 4.34. The van der Waals surface area contributed by atoms with Crippen LogP contribution < -0.4 is 4.74 Å². The highest BCUT2D eigenvalue weighted by Gasteiger charge is 2.32. The zero-order valence-corrected chi connectivity index (χ0v) is 16.8. The minimum atomic E-state index is 0.0937. The maximum absolute atomic E-state index is 12.9. The molecular formula is C23H32N2O3. The molecule has 0 aromatic heterocycles. The number of amides is 2. The van der Waals surface area contributed by atoms with E-state index in [1.54, 1.807) is 0 Å². The normalized spacial score (nSPS) is 21.3. The van der Waals surface area contributed by atoms with Crippen molar-refractivity contribution < 1.29 is 14.3 Å². The molecule has 2 aliphatic heterocycles. The molecule has 0 N–H and O–H groups in total. The average Bonchev–Trinajstić information content (AvgIpc) is 2.71. The van der Waals surface area contributed by atoms with E-state index in [0.717, 1.165) is 64.7 Å². The number of hydrogen-bond acceptors (Lipinski definition) is 3. The Morgan fingerprint density at radius 3 is 2.25 bits per heavy atom. The summed E-state index contributed by atoms with van der Waals surface area (Å²) in [4.78, 5) is 29.3. The Morgan fingerprint density at radius 2 is 1.57 bits per heavy atom. The molecule has 0 unspecified atom stereocenters. The molecular weight excluding hydrogens is 352 g/mol. The van der Waals surface area contributed by atoms with Crippen molar-refractivity contribution in [3.63, 3.8) is 0 Å². The molecule has 1 aliphatic carbocycles. The Morgan fingerprint density at radius 1 is 0.857 bits per heavy atom. The standard InChI is InChI=1S/C23H32N2O3/c26-22(19-7-6-8-19)25-15-11-18(12-16-25)17-28-21-10-3-2-9-20(21)23(27)24-13-4-1-5-14-24/h2-3,9-10,18-19H,1,4-8,11-17H2. The van der Waals surface area contributed by atoms with Gasteiger partial charge in [-0.05, 0) is 63.0 Å². The maximum atomic E-state index is 12.9. The van der Waals surface area contributed by atoms with Crippen molar-refractivity contribution >= 4 is 11.8 Å². The van der Waals surface area contributed by atoms with Gasteiger partial charge in [0.15, 0.2) is 0 Å². The van der Waals surface area contributed by atoms with Crippen molar-refractivity contribution in [1.82, 2.24) is 9.80 Å². The Balaban J connectivity index is 1.29. The fourth-order valence-electron chi connectivity index (χ4n) is 4.48. The van der Waals surface area contributed by atoms with Crippen LogP contribution in [-0.2, 0) is 4.79 Å². The summed E-state index contributed by atoms with van der Waals surface area (Å²) >= 11 is 0. The van der Waals surface area contributed by atoms with Crippen molar-refractivity contribution in [3.8, 4) is 5.75 Å². The highest BCUT2D eigenvalue weighted by molar-refractivity contribution is 5.97. The van der Waals surface area contributed by atoms with Crippen LogP contribution in [0.5, 0.6) is 5.75 Å². The van der Waals surface area contributed by atoms with Gasteiger partial charge in [0, 0.05) is 32.1 Å². The van der Waals surface area contributed by atoms with Gasteiger partial charge in [-0.15, -0.1) is 0 Å². The topological polar surface area (TPSA) is 49.9 Å². The zero-order chi connectivity index (χ0) is 19.3. The SMILES string of the molecule is O=C(c1ccccc1OCC1CCN(C(=O)C2CCC2)CC1)N1CCCCC1. The number of benzene rings is 1. The van der Waals surface area contributed by atoms with Gasteiger partial charge < -0.3 is 14.5 Å². The molecule has 5 heteroatoms. The number of ether oxygens (including phenoxy) is 1. The van der Waals surface area contributed by atoms with Gasteiger partial charge in [-0.2, -0.15) is 0 Å². The van der Waals surface area contributed by atoms with E-state index < -0.39 is 0 Å². The minimum Gasteiger partial charge on any atom is -0.492 e. The lowest BCUT2D eigenvalue weighted by Crippen LogP contribution is -2.44. The Kier molecular flexibility index (Phi) is 6.18. The zero-order valence-electron chi connectivity index (χ0n) is 16.8. The van der Waals surface area contributed by atoms with Crippen molar-refractivity contribution in [3.05, 3.63) is 29.8 Å². The number of hydrogen-bond donors (Lipinski definition) is 0. The first kappa shape index (κ1) is 19.3. The summed E-state index contributed by atoms with van der Waals surface area (Å²) in [6.07, 6.45) is 8.72. The number of nitrogens with zero attached hydrogens (tertiary/aromatic N) is 2. The summed E-state index contributed by atoms with van der Waals surface area (Å²) in [6, 6.07) is 7.63. The number of para-hydroxylation sites is 1. The number of carbonyl (C=O) groups excluding carboxylic acids is 2. The monoisotopic (exact) mass is 384 g/mol. The molecule has 1 aromatic carbocycles. The molecule has 5 nitrogen and oxygen atoms in total. The highest BCUT2D eigenvalue weighted by Crippen LogP contribution is 2.30. The van der Waals surface area contributed by atoms with Crippen LogP contribution in [0.4, 0.5) is 0 Å². The summed E-state index contributed by atoms with van der Waals surface area (Å²) in [7, 11) is 0. The summed E-state index contributed by atoms with van der Waals surface area (Å²) in [6.45, 7) is 4.01. The third-order valence-electron chi connectivity index (χ3n) is 6.62. The van der Waals surface area contributed by atoms with E-state index in [1.165, 1.54) is 12.8 Å². The van der Waals surface area contributed by atoms with Gasteiger partial charge in [-0.3, -0.25) is 9.59 Å². The van der Waals surface area contributed by atoms with Crippen LogP contribution >= 0.6 is 0 Å². The van der Waals surface area contributed by atoms with Gasteiger partial charge in [0.1, 0.15) is 5.75 Å². The molecule has 0 atom stereocenters. The van der Waals surface area contributed by atoms with Gasteiger partial charge in [0.25, 0.3) is 5.91 Å². The van der Waals surface area contributed by atoms with E-state index in [-0.39, 0.29) is 5.91 Å². The van der Waals surface area contributed by atoms with E-state index in [9.17, 15) is 9.59 Å². The van der Waals surface area contributed by atoms with Gasteiger partial charge >= 0.3 is 0 Å². The molecule has 2 amide bonds. The largest absolute Gasteiger partial charge is 0.492 e. The first-order valence-corrected chi connectivity index (χ1v) is 11.0. The lowest BCUT2D eigenvalue weighted by molar-refractivity contribution is -0.139. The van der Waals surface area contributed by atoms with Gasteiger partial charge in [-0.1, -0.05) is 18.6 Å². The molecule has 4 rings (SSSR count). The van der Waals surface area contributed by atoms with Crippen molar-refractivity contribution in [1.29, 1.82) is 0 Å². The first-order chi connectivity index (χ1) is 13.7. The Bertz CT molecular complexity index is 687. The van der Waals surface area contributed by atoms with E-state index in [1.807, 2.05) is 34.1 Å². The Labute approximate surface area is 168 Å². The molecule has 28 heavy (non-hydrogen) atoms. The van der Waals surface area contributed by atoms with Crippen LogP contribution in [0.15, 0.2) is 24.3 Å². The molecule has 1 aromatic rings. The predicted molar refractivity (Wildman–Crippen MR) is 108 cm³/mol. The number of rotatable bonds is 5. The van der Waals surface area contributed by atoms with E-state index in [4.69, 9.17) is 4.74 Å². The lowest BCUT2D eigenvalue weighted by Gasteiger charge is -2.36.